The van der Waals surface area contributed by atoms with Gasteiger partial charge in [-0.25, -0.2) is 0 Å². The average molecular weight is 298 g/mol. The first-order valence-electron chi connectivity index (χ1n) is 5.74. The molecule has 3 nitrogen and oxygen atoms in total. The minimum Gasteiger partial charge on any atom is -0.469 e. The van der Waals surface area contributed by atoms with Crippen molar-refractivity contribution in [2.75, 3.05) is 30.4 Å². The first kappa shape index (κ1) is 12.4. The molecule has 0 unspecified atom stereocenters. The molecule has 0 spiro atoms. The van der Waals surface area contributed by atoms with Gasteiger partial charge in [0.05, 0.1) is 13.5 Å². The van der Waals surface area contributed by atoms with Crippen molar-refractivity contribution in [3.05, 3.63) is 29.3 Å². The molecule has 0 aromatic heterocycles. The molecule has 17 heavy (non-hydrogen) atoms. The van der Waals surface area contributed by atoms with Gasteiger partial charge in [-0.15, -0.1) is 0 Å². The molecule has 2 rings (SSSR count). The van der Waals surface area contributed by atoms with Crippen LogP contribution in [0.25, 0.3) is 0 Å². The van der Waals surface area contributed by atoms with Crippen molar-refractivity contribution in [1.29, 1.82) is 0 Å². The van der Waals surface area contributed by atoms with Crippen molar-refractivity contribution < 1.29 is 9.53 Å². The number of benzene rings is 1. The van der Waals surface area contributed by atoms with E-state index in [1.807, 2.05) is 6.07 Å². The number of esters is 1. The quantitative estimate of drug-likeness (QED) is 0.630. The van der Waals surface area contributed by atoms with Gasteiger partial charge in [0.1, 0.15) is 0 Å². The summed E-state index contributed by atoms with van der Waals surface area (Å²) >= 11 is 3.47. The van der Waals surface area contributed by atoms with Gasteiger partial charge in [-0.3, -0.25) is 4.79 Å². The van der Waals surface area contributed by atoms with E-state index in [4.69, 9.17) is 0 Å². The predicted molar refractivity (Wildman–Crippen MR) is 71.9 cm³/mol. The number of hydrogen-bond donors (Lipinski definition) is 0. The molecule has 0 saturated carbocycles. The molecule has 0 bridgehead atoms. The highest BCUT2D eigenvalue weighted by Crippen LogP contribution is 2.29. The minimum atomic E-state index is -0.185. The summed E-state index contributed by atoms with van der Waals surface area (Å²) in [6, 6.07) is 6.26. The summed E-state index contributed by atoms with van der Waals surface area (Å²) < 4.78 is 4.69. The van der Waals surface area contributed by atoms with Gasteiger partial charge in [0.15, 0.2) is 0 Å². The molecule has 0 N–H and O–H groups in total. The Hall–Kier alpha value is -1.03. The lowest BCUT2D eigenvalue weighted by molar-refractivity contribution is -0.139. The van der Waals surface area contributed by atoms with E-state index < -0.39 is 0 Å². The number of rotatable bonds is 4. The maximum absolute atomic E-state index is 11.2. The van der Waals surface area contributed by atoms with Crippen LogP contribution in [0.3, 0.4) is 0 Å². The third-order valence-corrected chi connectivity index (χ3v) is 3.43. The molecule has 1 heterocycles. The van der Waals surface area contributed by atoms with Gasteiger partial charge in [-0.2, -0.15) is 0 Å². The number of hydrogen-bond acceptors (Lipinski definition) is 3. The summed E-state index contributed by atoms with van der Waals surface area (Å²) in [7, 11) is 1.42. The SMILES string of the molecule is COC(=O)Cc1ccc2c(c1)N(CCBr)CC2. The van der Waals surface area contributed by atoms with Crippen LogP contribution >= 0.6 is 15.9 Å². The van der Waals surface area contributed by atoms with Crippen LogP contribution in [0.5, 0.6) is 0 Å². The maximum Gasteiger partial charge on any atom is 0.309 e. The second-order valence-corrected chi connectivity index (χ2v) is 4.94. The Balaban J connectivity index is 2.17. The predicted octanol–water partition coefficient (Wildman–Crippen LogP) is 2.16. The molecule has 1 aliphatic rings. The number of anilines is 1. The summed E-state index contributed by atoms with van der Waals surface area (Å²) in [5.41, 5.74) is 3.67. The molecule has 0 atom stereocenters. The van der Waals surface area contributed by atoms with Gasteiger partial charge in [0.25, 0.3) is 0 Å². The zero-order valence-electron chi connectivity index (χ0n) is 9.91. The van der Waals surface area contributed by atoms with E-state index in [1.54, 1.807) is 0 Å². The Kier molecular flexibility index (Phi) is 4.05. The lowest BCUT2D eigenvalue weighted by atomic mass is 10.1. The van der Waals surface area contributed by atoms with E-state index >= 15 is 0 Å². The van der Waals surface area contributed by atoms with Crippen LogP contribution in [0.1, 0.15) is 11.1 Å². The molecule has 1 aromatic carbocycles. The number of fused-ring (bicyclic) bond motifs is 1. The Bertz CT molecular complexity index is 418. The third-order valence-electron chi connectivity index (χ3n) is 3.07. The lowest BCUT2D eigenvalue weighted by Gasteiger charge is -2.18. The van der Waals surface area contributed by atoms with E-state index in [-0.39, 0.29) is 5.97 Å². The van der Waals surface area contributed by atoms with E-state index in [2.05, 4.69) is 37.7 Å². The fourth-order valence-corrected chi connectivity index (χ4v) is 2.60. The summed E-state index contributed by atoms with van der Waals surface area (Å²) in [6.07, 6.45) is 1.45. The van der Waals surface area contributed by atoms with Crippen molar-refractivity contribution in [1.82, 2.24) is 0 Å². The molecule has 0 radical (unpaired) electrons. The van der Waals surface area contributed by atoms with Crippen molar-refractivity contribution in [2.24, 2.45) is 0 Å². The molecule has 1 aromatic rings. The number of carbonyl (C=O) groups is 1. The summed E-state index contributed by atoms with van der Waals surface area (Å²) in [5.74, 6) is -0.185. The number of carbonyl (C=O) groups excluding carboxylic acids is 1. The molecule has 4 heteroatoms. The smallest absolute Gasteiger partial charge is 0.309 e. The lowest BCUT2D eigenvalue weighted by Crippen LogP contribution is -2.22. The van der Waals surface area contributed by atoms with Crippen LogP contribution in [0.15, 0.2) is 18.2 Å². The van der Waals surface area contributed by atoms with Crippen LogP contribution < -0.4 is 4.90 Å². The number of halogens is 1. The highest BCUT2D eigenvalue weighted by molar-refractivity contribution is 9.09. The summed E-state index contributed by atoms with van der Waals surface area (Å²) in [5, 5.41) is 0.966. The first-order chi connectivity index (χ1) is 8.24. The van der Waals surface area contributed by atoms with Gasteiger partial charge in [0.2, 0.25) is 0 Å². The van der Waals surface area contributed by atoms with Gasteiger partial charge < -0.3 is 9.64 Å². The summed E-state index contributed by atoms with van der Waals surface area (Å²) in [6.45, 7) is 2.08. The number of methoxy groups -OCH3 is 1. The van der Waals surface area contributed by atoms with Crippen LogP contribution in [-0.2, 0) is 22.4 Å². The van der Waals surface area contributed by atoms with Crippen LogP contribution in [0.2, 0.25) is 0 Å². The molecule has 1 aliphatic heterocycles. The topological polar surface area (TPSA) is 29.5 Å². The molecular formula is C13H16BrNO2. The summed E-state index contributed by atoms with van der Waals surface area (Å²) in [4.78, 5) is 13.6. The molecule has 0 fully saturated rings. The standard InChI is InChI=1S/C13H16BrNO2/c1-17-13(16)9-10-2-3-11-4-6-15(7-5-14)12(11)8-10/h2-3,8H,4-7,9H2,1H3. The second-order valence-electron chi connectivity index (χ2n) is 4.14. The Labute approximate surface area is 110 Å². The Morgan fingerprint density at radius 1 is 1.53 bits per heavy atom. The normalized spacial score (nSPS) is 13.6. The number of nitrogens with zero attached hydrogens (tertiary/aromatic N) is 1. The zero-order valence-corrected chi connectivity index (χ0v) is 11.5. The van der Waals surface area contributed by atoms with E-state index in [9.17, 15) is 4.79 Å². The zero-order chi connectivity index (χ0) is 12.3. The Morgan fingerprint density at radius 3 is 3.06 bits per heavy atom. The monoisotopic (exact) mass is 297 g/mol. The number of alkyl halides is 1. The van der Waals surface area contributed by atoms with E-state index in [1.165, 1.54) is 18.4 Å². The average Bonchev–Trinajstić information content (AvgIpc) is 2.73. The van der Waals surface area contributed by atoms with E-state index in [0.717, 1.165) is 30.4 Å². The first-order valence-corrected chi connectivity index (χ1v) is 6.86. The van der Waals surface area contributed by atoms with Crippen molar-refractivity contribution in [3.63, 3.8) is 0 Å². The van der Waals surface area contributed by atoms with Gasteiger partial charge in [-0.05, 0) is 23.6 Å². The van der Waals surface area contributed by atoms with Gasteiger partial charge in [0, 0.05) is 24.1 Å². The third kappa shape index (κ3) is 2.80. The Morgan fingerprint density at radius 2 is 2.35 bits per heavy atom. The molecule has 0 amide bonds. The largest absolute Gasteiger partial charge is 0.469 e. The molecule has 0 saturated heterocycles. The highest BCUT2D eigenvalue weighted by Gasteiger charge is 2.19. The second kappa shape index (κ2) is 5.54. The van der Waals surface area contributed by atoms with Gasteiger partial charge >= 0.3 is 5.97 Å². The fraction of sp³-hybridized carbons (Fsp3) is 0.462. The van der Waals surface area contributed by atoms with Crippen LogP contribution in [-0.4, -0.2) is 31.5 Å². The van der Waals surface area contributed by atoms with E-state index in [0.29, 0.717) is 6.42 Å². The number of ether oxygens (including phenoxy) is 1. The molecule has 0 aliphatic carbocycles. The van der Waals surface area contributed by atoms with Crippen molar-refractivity contribution >= 4 is 27.6 Å². The van der Waals surface area contributed by atoms with Crippen LogP contribution in [0, 0.1) is 0 Å². The highest BCUT2D eigenvalue weighted by atomic mass is 79.9. The van der Waals surface area contributed by atoms with Gasteiger partial charge in [-0.1, -0.05) is 28.1 Å². The van der Waals surface area contributed by atoms with Crippen molar-refractivity contribution in [3.8, 4) is 0 Å². The van der Waals surface area contributed by atoms with Crippen molar-refractivity contribution in [2.45, 2.75) is 12.8 Å². The van der Waals surface area contributed by atoms with Crippen LogP contribution in [0.4, 0.5) is 5.69 Å². The molecule has 92 valence electrons. The fourth-order valence-electron chi connectivity index (χ4n) is 2.17. The minimum absolute atomic E-state index is 0.185. The maximum atomic E-state index is 11.2. The molecular weight excluding hydrogens is 282 g/mol.